The van der Waals surface area contributed by atoms with Crippen LogP contribution in [0.15, 0.2) is 18.2 Å². The molecule has 0 aromatic heterocycles. The maximum absolute atomic E-state index is 6.09. The molecule has 1 unspecified atom stereocenters. The third kappa shape index (κ3) is 2.51. The van der Waals surface area contributed by atoms with E-state index in [0.29, 0.717) is 36.0 Å². The number of nitrogens with zero attached hydrogens (tertiary/aromatic N) is 1. The lowest BCUT2D eigenvalue weighted by Gasteiger charge is -2.56. The summed E-state index contributed by atoms with van der Waals surface area (Å²) in [4.78, 5) is 2.58. The lowest BCUT2D eigenvalue weighted by molar-refractivity contribution is -0.107. The summed E-state index contributed by atoms with van der Waals surface area (Å²) in [6, 6.07) is 6.49. The molecule has 0 amide bonds. The fourth-order valence-electron chi connectivity index (χ4n) is 5.40. The van der Waals surface area contributed by atoms with Crippen LogP contribution in [-0.2, 0) is 4.74 Å². The second-order valence-corrected chi connectivity index (χ2v) is 8.67. The molecule has 1 saturated carbocycles. The quantitative estimate of drug-likeness (QED) is 0.851. The molecule has 0 N–H and O–H groups in total. The number of ether oxygens (including phenoxy) is 3. The molecule has 3 aliphatic rings. The van der Waals surface area contributed by atoms with Gasteiger partial charge in [0, 0.05) is 25.6 Å². The van der Waals surface area contributed by atoms with E-state index in [1.165, 1.54) is 12.0 Å². The molecule has 132 valence electrons. The highest BCUT2D eigenvalue weighted by Crippen LogP contribution is 2.63. The van der Waals surface area contributed by atoms with Crippen LogP contribution < -0.4 is 9.47 Å². The van der Waals surface area contributed by atoms with E-state index >= 15 is 0 Å². The lowest BCUT2D eigenvalue weighted by atomic mass is 9.48. The summed E-state index contributed by atoms with van der Waals surface area (Å²) in [5.74, 6) is 2.46. The first-order chi connectivity index (χ1) is 11.4. The van der Waals surface area contributed by atoms with Crippen LogP contribution in [-0.4, -0.2) is 51.0 Å². The fraction of sp³-hybridized carbons (Fsp3) is 0.700. The van der Waals surface area contributed by atoms with Crippen molar-refractivity contribution in [3.63, 3.8) is 0 Å². The monoisotopic (exact) mass is 331 g/mol. The molecule has 2 heterocycles. The topological polar surface area (TPSA) is 30.9 Å². The van der Waals surface area contributed by atoms with Gasteiger partial charge in [0.25, 0.3) is 0 Å². The number of hydrogen-bond donors (Lipinski definition) is 0. The Morgan fingerprint density at radius 2 is 1.96 bits per heavy atom. The normalized spacial score (nSPS) is 34.3. The third-order valence-electron chi connectivity index (χ3n) is 6.34. The Bertz CT molecular complexity index is 629. The minimum Gasteiger partial charge on any atom is -0.488 e. The summed E-state index contributed by atoms with van der Waals surface area (Å²) in [5.41, 5.74) is 1.95. The molecule has 1 aliphatic carbocycles. The molecule has 0 bridgehead atoms. The largest absolute Gasteiger partial charge is 0.488 e. The molecule has 3 atom stereocenters. The summed E-state index contributed by atoms with van der Waals surface area (Å²) < 4.78 is 17.7. The molecule has 2 aliphatic heterocycles. The average molecular weight is 331 g/mol. The van der Waals surface area contributed by atoms with Gasteiger partial charge in [0.2, 0.25) is 0 Å². The number of benzene rings is 1. The van der Waals surface area contributed by atoms with Crippen LogP contribution in [0.25, 0.3) is 0 Å². The molecule has 4 rings (SSSR count). The van der Waals surface area contributed by atoms with E-state index < -0.39 is 0 Å². The van der Waals surface area contributed by atoms with Gasteiger partial charge in [-0.15, -0.1) is 0 Å². The SMILES string of the molecule is COC[C@@]12CN(C3COc4ccc(C)cc4OC3)C[C@@H]1C(C)(C)C2. The zero-order valence-electron chi connectivity index (χ0n) is 15.3. The lowest BCUT2D eigenvalue weighted by Crippen LogP contribution is -2.55. The molecule has 0 radical (unpaired) electrons. The summed E-state index contributed by atoms with van der Waals surface area (Å²) in [6.45, 7) is 11.4. The molecule has 1 saturated heterocycles. The highest BCUT2D eigenvalue weighted by Gasteiger charge is 2.63. The van der Waals surface area contributed by atoms with Crippen LogP contribution in [0.4, 0.5) is 0 Å². The van der Waals surface area contributed by atoms with Crippen molar-refractivity contribution < 1.29 is 14.2 Å². The molecule has 4 heteroatoms. The molecule has 4 nitrogen and oxygen atoms in total. The summed E-state index contributed by atoms with van der Waals surface area (Å²) in [6.07, 6.45) is 1.25. The highest BCUT2D eigenvalue weighted by molar-refractivity contribution is 5.43. The number of fused-ring (bicyclic) bond motifs is 2. The van der Waals surface area contributed by atoms with E-state index in [4.69, 9.17) is 14.2 Å². The maximum atomic E-state index is 6.09. The first kappa shape index (κ1) is 16.2. The Kier molecular flexibility index (Phi) is 3.81. The van der Waals surface area contributed by atoms with Crippen molar-refractivity contribution in [2.45, 2.75) is 33.2 Å². The van der Waals surface area contributed by atoms with Crippen molar-refractivity contribution >= 4 is 0 Å². The predicted molar refractivity (Wildman–Crippen MR) is 93.7 cm³/mol. The molecular weight excluding hydrogens is 302 g/mol. The molecule has 2 fully saturated rings. The van der Waals surface area contributed by atoms with Crippen molar-refractivity contribution in [1.82, 2.24) is 4.90 Å². The van der Waals surface area contributed by atoms with Crippen molar-refractivity contribution in [3.05, 3.63) is 23.8 Å². The minimum atomic E-state index is 0.313. The van der Waals surface area contributed by atoms with E-state index in [2.05, 4.69) is 37.8 Å². The summed E-state index contributed by atoms with van der Waals surface area (Å²) >= 11 is 0. The van der Waals surface area contributed by atoms with Gasteiger partial charge in [-0.1, -0.05) is 19.9 Å². The Hall–Kier alpha value is -1.26. The van der Waals surface area contributed by atoms with Gasteiger partial charge in [0.1, 0.15) is 13.2 Å². The van der Waals surface area contributed by atoms with Crippen LogP contribution >= 0.6 is 0 Å². The minimum absolute atomic E-state index is 0.313. The maximum Gasteiger partial charge on any atom is 0.161 e. The molecule has 24 heavy (non-hydrogen) atoms. The van der Waals surface area contributed by atoms with Crippen LogP contribution in [0.1, 0.15) is 25.8 Å². The van der Waals surface area contributed by atoms with E-state index in [1.807, 2.05) is 13.2 Å². The number of likely N-dealkylation sites (tertiary alicyclic amines) is 1. The highest BCUT2D eigenvalue weighted by atomic mass is 16.5. The third-order valence-corrected chi connectivity index (χ3v) is 6.34. The van der Waals surface area contributed by atoms with Gasteiger partial charge in [-0.05, 0) is 42.4 Å². The summed E-state index contributed by atoms with van der Waals surface area (Å²) in [7, 11) is 1.83. The van der Waals surface area contributed by atoms with E-state index in [-0.39, 0.29) is 0 Å². The zero-order chi connectivity index (χ0) is 16.9. The van der Waals surface area contributed by atoms with Gasteiger partial charge in [-0.3, -0.25) is 4.90 Å². The Balaban J connectivity index is 1.48. The van der Waals surface area contributed by atoms with Crippen LogP contribution in [0.5, 0.6) is 11.5 Å². The predicted octanol–water partition coefficient (Wildman–Crippen LogP) is 3.13. The second kappa shape index (κ2) is 5.63. The average Bonchev–Trinajstić information content (AvgIpc) is 2.70. The molecular formula is C20H29NO3. The number of rotatable bonds is 3. The van der Waals surface area contributed by atoms with E-state index in [0.717, 1.165) is 31.2 Å². The van der Waals surface area contributed by atoms with Crippen LogP contribution in [0, 0.1) is 23.7 Å². The summed E-state index contributed by atoms with van der Waals surface area (Å²) in [5, 5.41) is 0. The fourth-order valence-corrected chi connectivity index (χ4v) is 5.40. The van der Waals surface area contributed by atoms with E-state index in [1.54, 1.807) is 0 Å². The smallest absolute Gasteiger partial charge is 0.161 e. The Labute approximate surface area is 145 Å². The number of methoxy groups -OCH3 is 1. The standard InChI is InChI=1S/C20H29NO3/c1-14-5-6-16-17(7-14)24-10-15(9-23-16)21-8-18-19(2,3)11-20(18,12-21)13-22-4/h5-7,15,18H,8-13H2,1-4H3/t15?,18-,20-/m1/s1. The Morgan fingerprint density at radius 3 is 2.67 bits per heavy atom. The van der Waals surface area contributed by atoms with Crippen molar-refractivity contribution in [2.24, 2.45) is 16.7 Å². The van der Waals surface area contributed by atoms with Gasteiger partial charge in [0.15, 0.2) is 11.5 Å². The first-order valence-electron chi connectivity index (χ1n) is 9.03. The van der Waals surface area contributed by atoms with Gasteiger partial charge < -0.3 is 14.2 Å². The van der Waals surface area contributed by atoms with Crippen molar-refractivity contribution in [3.8, 4) is 11.5 Å². The van der Waals surface area contributed by atoms with Crippen molar-refractivity contribution in [2.75, 3.05) is 40.0 Å². The van der Waals surface area contributed by atoms with Crippen molar-refractivity contribution in [1.29, 1.82) is 0 Å². The van der Waals surface area contributed by atoms with Crippen LogP contribution in [0.3, 0.4) is 0 Å². The zero-order valence-corrected chi connectivity index (χ0v) is 15.3. The van der Waals surface area contributed by atoms with Gasteiger partial charge in [-0.2, -0.15) is 0 Å². The Morgan fingerprint density at radius 1 is 1.21 bits per heavy atom. The van der Waals surface area contributed by atoms with Gasteiger partial charge >= 0.3 is 0 Å². The molecule has 0 spiro atoms. The second-order valence-electron chi connectivity index (χ2n) is 8.67. The van der Waals surface area contributed by atoms with Gasteiger partial charge in [-0.25, -0.2) is 0 Å². The first-order valence-corrected chi connectivity index (χ1v) is 9.03. The number of aryl methyl sites for hydroxylation is 1. The molecule has 1 aromatic carbocycles. The van der Waals surface area contributed by atoms with E-state index in [9.17, 15) is 0 Å². The number of hydrogen-bond acceptors (Lipinski definition) is 4. The van der Waals surface area contributed by atoms with Gasteiger partial charge in [0.05, 0.1) is 12.6 Å². The molecule has 1 aromatic rings. The van der Waals surface area contributed by atoms with Crippen LogP contribution in [0.2, 0.25) is 0 Å².